The van der Waals surface area contributed by atoms with Crippen LogP contribution in [0.4, 0.5) is 8.78 Å². The van der Waals surface area contributed by atoms with Gasteiger partial charge in [0.25, 0.3) is 0 Å². The van der Waals surface area contributed by atoms with E-state index in [-0.39, 0.29) is 24.3 Å². The van der Waals surface area contributed by atoms with Gasteiger partial charge in [0.1, 0.15) is 0 Å². The lowest BCUT2D eigenvalue weighted by Gasteiger charge is -2.15. The molecule has 2 heterocycles. The smallest absolute Gasteiger partial charge is 0.419 e. The number of imidazole rings is 1. The number of ether oxygens (including phenoxy) is 1. The van der Waals surface area contributed by atoms with E-state index >= 15 is 0 Å². The van der Waals surface area contributed by atoms with Gasteiger partial charge in [-0.2, -0.15) is 8.78 Å². The zero-order valence-corrected chi connectivity index (χ0v) is 15.4. The van der Waals surface area contributed by atoms with E-state index in [9.17, 15) is 18.4 Å². The summed E-state index contributed by atoms with van der Waals surface area (Å²) in [5, 5.41) is 0. The third-order valence-electron chi connectivity index (χ3n) is 4.60. The quantitative estimate of drug-likeness (QED) is 0.456. The van der Waals surface area contributed by atoms with E-state index < -0.39 is 24.4 Å². The highest BCUT2D eigenvalue weighted by Crippen LogP contribution is 2.28. The van der Waals surface area contributed by atoms with Gasteiger partial charge in [-0.15, -0.1) is 0 Å². The van der Waals surface area contributed by atoms with Crippen molar-refractivity contribution >= 4 is 28.1 Å². The number of hydrogen-bond donors (Lipinski definition) is 0. The molecule has 0 aliphatic carbocycles. The topological polar surface area (TPSA) is 79.3 Å². The number of esters is 1. The molecule has 0 N–H and O–H groups in total. The molecule has 0 bridgehead atoms. The maximum Gasteiger partial charge on any atom is 0.419 e. The van der Waals surface area contributed by atoms with Crippen molar-refractivity contribution in [1.82, 2.24) is 14.1 Å². The number of alkyl halides is 2. The number of rotatable bonds is 6. The lowest BCUT2D eigenvalue weighted by Crippen LogP contribution is -2.19. The number of carbonyl (C=O) groups excluding carboxylic acids is 1. The molecular formula is C20H17F2N3O4. The fraction of sp³-hybridized carbons (Fsp3) is 0.250. The first-order valence-electron chi connectivity index (χ1n) is 8.98. The van der Waals surface area contributed by atoms with Crippen molar-refractivity contribution in [3.63, 3.8) is 0 Å². The highest BCUT2D eigenvalue weighted by atomic mass is 19.3. The number of hydrogen-bond acceptors (Lipinski definition) is 5. The van der Waals surface area contributed by atoms with Crippen LogP contribution in [0.1, 0.15) is 31.8 Å². The van der Waals surface area contributed by atoms with Gasteiger partial charge in [0.15, 0.2) is 17.5 Å². The molecule has 1 atom stereocenters. The van der Waals surface area contributed by atoms with Gasteiger partial charge in [-0.25, -0.2) is 9.78 Å². The lowest BCUT2D eigenvalue weighted by atomic mass is 10.3. The van der Waals surface area contributed by atoms with Crippen molar-refractivity contribution in [1.29, 1.82) is 0 Å². The zero-order valence-electron chi connectivity index (χ0n) is 15.4. The molecule has 2 aromatic heterocycles. The largest absolute Gasteiger partial charge is 0.454 e. The zero-order chi connectivity index (χ0) is 20.5. The molecule has 9 heteroatoms. The Labute approximate surface area is 163 Å². The third-order valence-corrected chi connectivity index (χ3v) is 4.60. The summed E-state index contributed by atoms with van der Waals surface area (Å²) in [5.41, 5.74) is 1.64. The summed E-state index contributed by atoms with van der Waals surface area (Å²) in [4.78, 5) is 28.4. The molecule has 0 radical (unpaired) electrons. The van der Waals surface area contributed by atoms with E-state index in [2.05, 4.69) is 4.98 Å². The monoisotopic (exact) mass is 401 g/mol. The second-order valence-corrected chi connectivity index (χ2v) is 6.48. The van der Waals surface area contributed by atoms with Crippen LogP contribution in [-0.4, -0.2) is 20.1 Å². The molecule has 29 heavy (non-hydrogen) atoms. The van der Waals surface area contributed by atoms with Gasteiger partial charge >= 0.3 is 18.3 Å². The summed E-state index contributed by atoms with van der Waals surface area (Å²) in [6.07, 6.45) is -1.11. The Bertz CT molecular complexity index is 1240. The molecule has 2 aromatic carbocycles. The van der Waals surface area contributed by atoms with E-state index in [4.69, 9.17) is 9.15 Å². The maximum atomic E-state index is 13.5. The van der Waals surface area contributed by atoms with Crippen molar-refractivity contribution in [2.24, 2.45) is 0 Å². The van der Waals surface area contributed by atoms with E-state index in [1.807, 2.05) is 0 Å². The molecule has 4 aromatic rings. The first-order chi connectivity index (χ1) is 14.0. The Morgan fingerprint density at radius 3 is 2.59 bits per heavy atom. The Hall–Kier alpha value is -3.49. The normalized spacial score (nSPS) is 12.7. The summed E-state index contributed by atoms with van der Waals surface area (Å²) in [7, 11) is 0. The van der Waals surface area contributed by atoms with Crippen molar-refractivity contribution in [2.45, 2.75) is 32.5 Å². The van der Waals surface area contributed by atoms with E-state index in [0.717, 1.165) is 4.57 Å². The number of fused-ring (bicyclic) bond motifs is 2. The van der Waals surface area contributed by atoms with Crippen LogP contribution in [-0.2, 0) is 16.1 Å². The summed E-state index contributed by atoms with van der Waals surface area (Å²) >= 11 is 0. The number of halogens is 2. The van der Waals surface area contributed by atoms with Crippen LogP contribution < -0.4 is 5.76 Å². The predicted molar refractivity (Wildman–Crippen MR) is 101 cm³/mol. The average molecular weight is 401 g/mol. The lowest BCUT2D eigenvalue weighted by molar-refractivity contribution is -0.149. The molecule has 0 aliphatic rings. The summed E-state index contributed by atoms with van der Waals surface area (Å²) < 4.78 is 39.6. The van der Waals surface area contributed by atoms with Gasteiger partial charge in [0.2, 0.25) is 0 Å². The van der Waals surface area contributed by atoms with Gasteiger partial charge in [-0.3, -0.25) is 13.9 Å². The van der Waals surface area contributed by atoms with Crippen molar-refractivity contribution in [3.8, 4) is 0 Å². The summed E-state index contributed by atoms with van der Waals surface area (Å²) in [5.74, 6) is -1.26. The van der Waals surface area contributed by atoms with Crippen LogP contribution in [0.3, 0.4) is 0 Å². The minimum absolute atomic E-state index is 0.0412. The second-order valence-electron chi connectivity index (χ2n) is 6.48. The van der Waals surface area contributed by atoms with Crippen LogP contribution in [0.25, 0.3) is 22.1 Å². The average Bonchev–Trinajstić information content (AvgIpc) is 3.23. The van der Waals surface area contributed by atoms with Crippen LogP contribution in [0, 0.1) is 0 Å². The van der Waals surface area contributed by atoms with Crippen molar-refractivity contribution in [3.05, 3.63) is 64.9 Å². The van der Waals surface area contributed by atoms with E-state index in [1.165, 1.54) is 17.6 Å². The minimum atomic E-state index is -2.82. The van der Waals surface area contributed by atoms with Gasteiger partial charge < -0.3 is 9.15 Å². The molecule has 0 amide bonds. The molecule has 150 valence electrons. The molecule has 0 spiro atoms. The molecule has 0 fully saturated rings. The molecule has 0 saturated heterocycles. The number of aromatic nitrogens is 3. The second kappa shape index (κ2) is 7.50. The fourth-order valence-corrected chi connectivity index (χ4v) is 3.29. The number of carbonyl (C=O) groups is 1. The molecular weight excluding hydrogens is 384 g/mol. The van der Waals surface area contributed by atoms with Gasteiger partial charge in [-0.1, -0.05) is 24.3 Å². The van der Waals surface area contributed by atoms with E-state index in [0.29, 0.717) is 16.6 Å². The van der Waals surface area contributed by atoms with Crippen LogP contribution in [0.15, 0.2) is 57.7 Å². The standard InChI is InChI=1S/C20H17F2N3O4/c1-12(18-23-13-6-2-3-7-14(13)25(18)19(21)22)28-17(26)10-11-24-15-8-4-5-9-16(15)29-20(24)27/h2-9,12,19H,10-11H2,1H3. The van der Waals surface area contributed by atoms with Crippen molar-refractivity contribution < 1.29 is 22.7 Å². The Kier molecular flexibility index (Phi) is 4.87. The van der Waals surface area contributed by atoms with Gasteiger partial charge in [0.05, 0.1) is 23.0 Å². The van der Waals surface area contributed by atoms with Gasteiger partial charge in [-0.05, 0) is 31.2 Å². The maximum absolute atomic E-state index is 13.5. The van der Waals surface area contributed by atoms with Crippen LogP contribution >= 0.6 is 0 Å². The number of para-hydroxylation sites is 4. The Balaban J connectivity index is 1.50. The highest BCUT2D eigenvalue weighted by Gasteiger charge is 2.24. The first-order valence-corrected chi connectivity index (χ1v) is 8.98. The van der Waals surface area contributed by atoms with Gasteiger partial charge in [0, 0.05) is 6.54 Å². The number of aryl methyl sites for hydroxylation is 1. The summed E-state index contributed by atoms with van der Waals surface area (Å²) in [6.45, 7) is -1.29. The Morgan fingerprint density at radius 2 is 1.83 bits per heavy atom. The van der Waals surface area contributed by atoms with Crippen LogP contribution in [0.2, 0.25) is 0 Å². The minimum Gasteiger partial charge on any atom is -0.454 e. The third kappa shape index (κ3) is 3.51. The number of benzene rings is 2. The molecule has 0 saturated carbocycles. The SMILES string of the molecule is CC(OC(=O)CCn1c(=O)oc2ccccc21)c1nc2ccccc2n1C(F)F. The predicted octanol–water partition coefficient (Wildman–Crippen LogP) is 4.03. The molecule has 1 unspecified atom stereocenters. The van der Waals surface area contributed by atoms with E-state index in [1.54, 1.807) is 42.5 Å². The summed E-state index contributed by atoms with van der Waals surface area (Å²) in [6, 6.07) is 13.3. The Morgan fingerprint density at radius 1 is 1.14 bits per heavy atom. The number of nitrogens with zero attached hydrogens (tertiary/aromatic N) is 3. The fourth-order valence-electron chi connectivity index (χ4n) is 3.29. The molecule has 0 aliphatic heterocycles. The highest BCUT2D eigenvalue weighted by molar-refractivity contribution is 5.76. The molecule has 4 rings (SSSR count). The molecule has 7 nitrogen and oxygen atoms in total. The van der Waals surface area contributed by atoms with Crippen molar-refractivity contribution in [2.75, 3.05) is 0 Å². The number of oxazole rings is 1. The van der Waals surface area contributed by atoms with Crippen LogP contribution in [0.5, 0.6) is 0 Å². The first kappa shape index (κ1) is 18.9.